The molecule has 0 bridgehead atoms. The molecule has 35 heavy (non-hydrogen) atoms. The van der Waals surface area contributed by atoms with Gasteiger partial charge in [-0.3, -0.25) is 14.2 Å². The van der Waals surface area contributed by atoms with Crippen LogP contribution >= 0.6 is 23.1 Å². The molecule has 0 spiro atoms. The summed E-state index contributed by atoms with van der Waals surface area (Å²) in [6.45, 7) is 9.49. The van der Waals surface area contributed by atoms with Gasteiger partial charge in [0.15, 0.2) is 10.9 Å². The van der Waals surface area contributed by atoms with E-state index in [1.165, 1.54) is 27.7 Å². The van der Waals surface area contributed by atoms with Crippen LogP contribution in [0, 0.1) is 13.8 Å². The molecule has 4 rings (SSSR count). The highest BCUT2D eigenvalue weighted by atomic mass is 32.2. The fourth-order valence-corrected chi connectivity index (χ4v) is 5.84. The summed E-state index contributed by atoms with van der Waals surface area (Å²) < 4.78 is 6.64. The van der Waals surface area contributed by atoms with Crippen LogP contribution in [0.3, 0.4) is 0 Å². The number of ketones is 1. The molecule has 3 heterocycles. The highest BCUT2D eigenvalue weighted by Crippen LogP contribution is 2.32. The summed E-state index contributed by atoms with van der Waals surface area (Å²) in [6.07, 6.45) is 1.63. The summed E-state index contributed by atoms with van der Waals surface area (Å²) in [4.78, 5) is 47.9. The lowest BCUT2D eigenvalue weighted by Gasteiger charge is -2.09. The third kappa shape index (κ3) is 4.87. The van der Waals surface area contributed by atoms with E-state index in [-0.39, 0.29) is 30.2 Å². The molecule has 180 valence electrons. The molecule has 0 fully saturated rings. The Morgan fingerprint density at radius 3 is 2.69 bits per heavy atom. The molecule has 0 amide bonds. The molecule has 0 saturated heterocycles. The van der Waals surface area contributed by atoms with Crippen LogP contribution in [-0.2, 0) is 11.3 Å². The highest BCUT2D eigenvalue weighted by molar-refractivity contribution is 7.99. The van der Waals surface area contributed by atoms with Gasteiger partial charge in [-0.15, -0.1) is 17.9 Å². The van der Waals surface area contributed by atoms with Crippen molar-refractivity contribution in [3.63, 3.8) is 0 Å². The summed E-state index contributed by atoms with van der Waals surface area (Å²) in [7, 11) is 0. The molecular formula is C26H25N3O4S2. The van der Waals surface area contributed by atoms with Crippen LogP contribution in [0.25, 0.3) is 20.7 Å². The monoisotopic (exact) mass is 507 g/mol. The minimum atomic E-state index is -0.454. The zero-order valence-corrected chi connectivity index (χ0v) is 21.3. The lowest BCUT2D eigenvalue weighted by atomic mass is 10.1. The van der Waals surface area contributed by atoms with E-state index in [4.69, 9.17) is 9.72 Å². The van der Waals surface area contributed by atoms with Crippen LogP contribution in [0.5, 0.6) is 0 Å². The molecule has 0 aliphatic rings. The number of rotatable bonds is 9. The molecule has 1 N–H and O–H groups in total. The third-order valence-electron chi connectivity index (χ3n) is 5.51. The topological polar surface area (TPSA) is 94.1 Å². The maximum absolute atomic E-state index is 13.3. The van der Waals surface area contributed by atoms with E-state index >= 15 is 0 Å². The number of nitrogens with one attached hydrogen (secondary N) is 1. The van der Waals surface area contributed by atoms with Gasteiger partial charge in [-0.2, -0.15) is 0 Å². The molecular weight excluding hydrogens is 482 g/mol. The van der Waals surface area contributed by atoms with Gasteiger partial charge in [-0.1, -0.05) is 48.2 Å². The Morgan fingerprint density at radius 2 is 2.00 bits per heavy atom. The molecule has 0 radical (unpaired) electrons. The number of fused-ring (bicyclic) bond motifs is 1. The van der Waals surface area contributed by atoms with E-state index in [1.54, 1.807) is 26.8 Å². The zero-order chi connectivity index (χ0) is 25.1. The number of H-pyrrole nitrogens is 1. The first-order chi connectivity index (χ1) is 16.8. The van der Waals surface area contributed by atoms with Crippen LogP contribution in [0.4, 0.5) is 0 Å². The summed E-state index contributed by atoms with van der Waals surface area (Å²) >= 11 is 2.64. The second kappa shape index (κ2) is 10.5. The van der Waals surface area contributed by atoms with Gasteiger partial charge < -0.3 is 9.72 Å². The summed E-state index contributed by atoms with van der Waals surface area (Å²) in [5, 5.41) is 0.991. The van der Waals surface area contributed by atoms with E-state index in [0.29, 0.717) is 37.9 Å². The number of thiophene rings is 1. The predicted molar refractivity (Wildman–Crippen MR) is 141 cm³/mol. The van der Waals surface area contributed by atoms with Gasteiger partial charge in [-0.25, -0.2) is 9.78 Å². The number of thioether (sulfide) groups is 1. The van der Waals surface area contributed by atoms with Gasteiger partial charge >= 0.3 is 5.97 Å². The predicted octanol–water partition coefficient (Wildman–Crippen LogP) is 5.41. The average Bonchev–Trinajstić information content (AvgIpc) is 3.41. The van der Waals surface area contributed by atoms with Crippen molar-refractivity contribution >= 4 is 45.1 Å². The number of esters is 1. The number of benzene rings is 1. The van der Waals surface area contributed by atoms with E-state index in [1.807, 2.05) is 36.4 Å². The maximum Gasteiger partial charge on any atom is 0.340 e. The molecule has 0 aliphatic heterocycles. The lowest BCUT2D eigenvalue weighted by Crippen LogP contribution is -2.22. The molecule has 7 nitrogen and oxygen atoms in total. The first kappa shape index (κ1) is 24.7. The minimum absolute atomic E-state index is 0.0507. The Morgan fingerprint density at radius 1 is 1.26 bits per heavy atom. The molecule has 1 aromatic carbocycles. The van der Waals surface area contributed by atoms with Crippen molar-refractivity contribution in [2.45, 2.75) is 32.5 Å². The van der Waals surface area contributed by atoms with E-state index in [9.17, 15) is 14.4 Å². The van der Waals surface area contributed by atoms with Gasteiger partial charge in [0.2, 0.25) is 0 Å². The van der Waals surface area contributed by atoms with Crippen molar-refractivity contribution in [3.05, 3.63) is 81.9 Å². The van der Waals surface area contributed by atoms with E-state index in [0.717, 1.165) is 10.4 Å². The van der Waals surface area contributed by atoms with Crippen molar-refractivity contribution in [2.75, 3.05) is 12.4 Å². The van der Waals surface area contributed by atoms with Crippen LogP contribution in [0.1, 0.15) is 39.0 Å². The largest absolute Gasteiger partial charge is 0.462 e. The first-order valence-electron chi connectivity index (χ1n) is 11.1. The van der Waals surface area contributed by atoms with Gasteiger partial charge in [0.05, 0.1) is 29.0 Å². The summed E-state index contributed by atoms with van der Waals surface area (Å²) in [5.74, 6) is -0.596. The minimum Gasteiger partial charge on any atom is -0.462 e. The zero-order valence-electron chi connectivity index (χ0n) is 19.7. The maximum atomic E-state index is 13.3. The third-order valence-corrected chi connectivity index (χ3v) is 7.57. The second-order valence-electron chi connectivity index (χ2n) is 7.85. The van der Waals surface area contributed by atoms with Crippen molar-refractivity contribution < 1.29 is 14.3 Å². The van der Waals surface area contributed by atoms with Crippen LogP contribution in [-0.4, -0.2) is 38.6 Å². The number of hydrogen-bond donors (Lipinski definition) is 1. The summed E-state index contributed by atoms with van der Waals surface area (Å²) in [6, 6.07) is 11.7. The van der Waals surface area contributed by atoms with Crippen molar-refractivity contribution in [2.24, 2.45) is 0 Å². The Hall–Kier alpha value is -3.43. The Balaban J connectivity index is 1.65. The standard InChI is InChI=1S/C26H25N3O4S2/c1-5-12-29-24(31)18-13-20(17-10-8-7-9-11-17)35-23(18)28-26(29)34-14-19(30)22-15(3)21(16(4)27-22)25(32)33-6-2/h5,7-11,13,27H,1,6,12,14H2,2-4H3. The van der Waals surface area contributed by atoms with E-state index < -0.39 is 5.97 Å². The number of hydrogen-bond acceptors (Lipinski definition) is 7. The quantitative estimate of drug-likeness (QED) is 0.107. The highest BCUT2D eigenvalue weighted by Gasteiger charge is 2.23. The Bertz CT molecular complexity index is 1480. The number of Topliss-reactive ketones (excluding diaryl/α,β-unsaturated/α-hetero) is 1. The molecule has 0 saturated carbocycles. The van der Waals surface area contributed by atoms with Gasteiger partial charge in [-0.05, 0) is 38.0 Å². The van der Waals surface area contributed by atoms with Crippen molar-refractivity contribution in [3.8, 4) is 10.4 Å². The SMILES string of the molecule is C=CCn1c(SCC(=O)c2[nH]c(C)c(C(=O)OCC)c2C)nc2sc(-c3ccccc3)cc2c1=O. The Labute approximate surface area is 210 Å². The fourth-order valence-electron chi connectivity index (χ4n) is 3.88. The number of ether oxygens (including phenoxy) is 1. The Kier molecular flexibility index (Phi) is 7.37. The van der Waals surface area contributed by atoms with Crippen LogP contribution in [0.2, 0.25) is 0 Å². The van der Waals surface area contributed by atoms with Gasteiger partial charge in [0.25, 0.3) is 5.56 Å². The number of aryl methyl sites for hydroxylation is 1. The molecule has 0 aliphatic carbocycles. The van der Waals surface area contributed by atoms with E-state index in [2.05, 4.69) is 11.6 Å². The second-order valence-corrected chi connectivity index (χ2v) is 9.82. The number of aromatic nitrogens is 3. The van der Waals surface area contributed by atoms with Crippen molar-refractivity contribution in [1.29, 1.82) is 0 Å². The first-order valence-corrected chi connectivity index (χ1v) is 12.9. The molecule has 4 aromatic rings. The number of nitrogens with zero attached hydrogens (tertiary/aromatic N) is 2. The van der Waals surface area contributed by atoms with Crippen molar-refractivity contribution in [1.82, 2.24) is 14.5 Å². The van der Waals surface area contributed by atoms with Crippen LogP contribution < -0.4 is 5.56 Å². The fraction of sp³-hybridized carbons (Fsp3) is 0.231. The summed E-state index contributed by atoms with van der Waals surface area (Å²) in [5.41, 5.74) is 2.74. The smallest absolute Gasteiger partial charge is 0.340 e. The number of carbonyl (C=O) groups is 2. The molecule has 0 atom stereocenters. The average molecular weight is 508 g/mol. The molecule has 0 unspecified atom stereocenters. The molecule has 3 aromatic heterocycles. The van der Waals surface area contributed by atoms with Gasteiger partial charge in [0.1, 0.15) is 4.83 Å². The number of allylic oxidation sites excluding steroid dienone is 1. The number of carbonyl (C=O) groups excluding carboxylic acids is 2. The van der Waals surface area contributed by atoms with Gasteiger partial charge in [0, 0.05) is 17.1 Å². The van der Waals surface area contributed by atoms with Crippen LogP contribution in [0.15, 0.2) is 59.0 Å². The molecule has 9 heteroatoms. The number of aromatic amines is 1. The lowest BCUT2D eigenvalue weighted by molar-refractivity contribution is 0.0525. The normalized spacial score (nSPS) is 11.1.